The second kappa shape index (κ2) is 4.26. The standard InChI is InChI=1S/C10H14F3NO/c1-7(2)9(15)8-3-4-14(5-8)6-10(11,12)13/h3-5,7,9,15H,6H2,1-2H3. The summed E-state index contributed by atoms with van der Waals surface area (Å²) >= 11 is 0. The summed E-state index contributed by atoms with van der Waals surface area (Å²) in [6, 6.07) is 1.51. The first-order valence-electron chi connectivity index (χ1n) is 4.70. The zero-order valence-electron chi connectivity index (χ0n) is 8.62. The molecule has 1 aromatic heterocycles. The fourth-order valence-electron chi connectivity index (χ4n) is 1.32. The number of alkyl halides is 3. The van der Waals surface area contributed by atoms with E-state index in [4.69, 9.17) is 0 Å². The summed E-state index contributed by atoms with van der Waals surface area (Å²) in [5, 5.41) is 9.61. The smallest absolute Gasteiger partial charge is 0.388 e. The summed E-state index contributed by atoms with van der Waals surface area (Å²) in [7, 11) is 0. The Balaban J connectivity index is 2.72. The van der Waals surface area contributed by atoms with Gasteiger partial charge in [-0.05, 0) is 17.5 Å². The molecule has 0 aliphatic heterocycles. The van der Waals surface area contributed by atoms with E-state index in [1.165, 1.54) is 18.5 Å². The Bertz CT molecular complexity index is 317. The minimum absolute atomic E-state index is 0.00765. The lowest BCUT2D eigenvalue weighted by Gasteiger charge is -2.12. The van der Waals surface area contributed by atoms with Crippen LogP contribution in [0.4, 0.5) is 13.2 Å². The van der Waals surface area contributed by atoms with Crippen LogP contribution in [0.3, 0.4) is 0 Å². The maximum Gasteiger partial charge on any atom is 0.406 e. The van der Waals surface area contributed by atoms with Gasteiger partial charge in [0.15, 0.2) is 0 Å². The molecule has 1 unspecified atom stereocenters. The normalized spacial score (nSPS) is 14.6. The highest BCUT2D eigenvalue weighted by molar-refractivity contribution is 5.14. The van der Waals surface area contributed by atoms with Crippen LogP contribution in [0.5, 0.6) is 0 Å². The molecule has 2 nitrogen and oxygen atoms in total. The molecule has 15 heavy (non-hydrogen) atoms. The zero-order chi connectivity index (χ0) is 11.6. The van der Waals surface area contributed by atoms with Crippen LogP contribution in [0.25, 0.3) is 0 Å². The molecule has 0 aliphatic carbocycles. The summed E-state index contributed by atoms with van der Waals surface area (Å²) in [6.45, 7) is 2.61. The third-order valence-corrected chi connectivity index (χ3v) is 2.11. The van der Waals surface area contributed by atoms with Crippen molar-refractivity contribution in [3.63, 3.8) is 0 Å². The second-order valence-electron chi connectivity index (χ2n) is 3.92. The quantitative estimate of drug-likeness (QED) is 0.834. The lowest BCUT2D eigenvalue weighted by molar-refractivity contribution is -0.140. The van der Waals surface area contributed by atoms with Crippen molar-refractivity contribution in [3.05, 3.63) is 24.0 Å². The van der Waals surface area contributed by atoms with E-state index in [9.17, 15) is 18.3 Å². The largest absolute Gasteiger partial charge is 0.406 e. The molecule has 0 aromatic carbocycles. The topological polar surface area (TPSA) is 25.2 Å². The van der Waals surface area contributed by atoms with E-state index in [2.05, 4.69) is 0 Å². The van der Waals surface area contributed by atoms with Crippen molar-refractivity contribution in [2.75, 3.05) is 0 Å². The van der Waals surface area contributed by atoms with Crippen LogP contribution in [-0.4, -0.2) is 15.8 Å². The van der Waals surface area contributed by atoms with Crippen molar-refractivity contribution in [2.24, 2.45) is 5.92 Å². The van der Waals surface area contributed by atoms with E-state index in [1.54, 1.807) is 0 Å². The predicted octanol–water partition coefficient (Wildman–Crippen LogP) is 2.74. The lowest BCUT2D eigenvalue weighted by atomic mass is 10.0. The molecule has 1 rings (SSSR count). The van der Waals surface area contributed by atoms with Gasteiger partial charge >= 0.3 is 6.18 Å². The number of hydrogen-bond donors (Lipinski definition) is 1. The Morgan fingerprint density at radius 2 is 2.00 bits per heavy atom. The summed E-state index contributed by atoms with van der Waals surface area (Å²) in [5.41, 5.74) is 0.522. The maximum atomic E-state index is 12.0. The molecule has 1 N–H and O–H groups in total. The minimum Gasteiger partial charge on any atom is -0.388 e. The number of aliphatic hydroxyl groups excluding tert-OH is 1. The summed E-state index contributed by atoms with van der Waals surface area (Å²) < 4.78 is 37.1. The average Bonchev–Trinajstić information content (AvgIpc) is 2.48. The first kappa shape index (κ1) is 12.1. The third-order valence-electron chi connectivity index (χ3n) is 2.11. The van der Waals surface area contributed by atoms with Crippen LogP contribution in [0.15, 0.2) is 18.5 Å². The Morgan fingerprint density at radius 1 is 1.40 bits per heavy atom. The Morgan fingerprint density at radius 3 is 2.47 bits per heavy atom. The van der Waals surface area contributed by atoms with Gasteiger partial charge in [-0.2, -0.15) is 13.2 Å². The monoisotopic (exact) mass is 221 g/mol. The number of nitrogens with zero attached hydrogens (tertiary/aromatic N) is 1. The molecular formula is C10H14F3NO. The molecular weight excluding hydrogens is 207 g/mol. The number of hydrogen-bond acceptors (Lipinski definition) is 1. The number of halogens is 3. The fourth-order valence-corrected chi connectivity index (χ4v) is 1.32. The van der Waals surface area contributed by atoms with Crippen molar-refractivity contribution < 1.29 is 18.3 Å². The van der Waals surface area contributed by atoms with Crippen LogP contribution >= 0.6 is 0 Å². The van der Waals surface area contributed by atoms with Crippen LogP contribution in [0.1, 0.15) is 25.5 Å². The highest BCUT2D eigenvalue weighted by Crippen LogP contribution is 2.23. The molecule has 0 spiro atoms. The second-order valence-corrected chi connectivity index (χ2v) is 3.92. The van der Waals surface area contributed by atoms with Crippen LogP contribution < -0.4 is 0 Å². The van der Waals surface area contributed by atoms with E-state index in [-0.39, 0.29) is 5.92 Å². The summed E-state index contributed by atoms with van der Waals surface area (Å²) in [6.07, 6.45) is -2.27. The molecule has 5 heteroatoms. The van der Waals surface area contributed by atoms with Gasteiger partial charge in [0.25, 0.3) is 0 Å². The Labute approximate surface area is 86.3 Å². The highest BCUT2D eigenvalue weighted by atomic mass is 19.4. The van der Waals surface area contributed by atoms with Crippen molar-refractivity contribution in [1.29, 1.82) is 0 Å². The molecule has 0 bridgehead atoms. The average molecular weight is 221 g/mol. The van der Waals surface area contributed by atoms with E-state index in [0.29, 0.717) is 5.56 Å². The SMILES string of the molecule is CC(C)C(O)c1ccn(CC(F)(F)F)c1. The molecule has 0 amide bonds. The highest BCUT2D eigenvalue weighted by Gasteiger charge is 2.28. The molecule has 0 radical (unpaired) electrons. The first-order chi connectivity index (χ1) is 6.79. The van der Waals surface area contributed by atoms with E-state index in [1.807, 2.05) is 13.8 Å². The molecule has 0 saturated heterocycles. The maximum absolute atomic E-state index is 12.0. The van der Waals surface area contributed by atoms with Crippen LogP contribution in [0.2, 0.25) is 0 Å². The molecule has 0 saturated carbocycles. The number of aliphatic hydroxyl groups is 1. The van der Waals surface area contributed by atoms with Gasteiger partial charge in [0.05, 0.1) is 6.10 Å². The molecule has 1 atom stereocenters. The minimum atomic E-state index is -4.22. The summed E-state index contributed by atoms with van der Waals surface area (Å²) in [4.78, 5) is 0. The van der Waals surface area contributed by atoms with Gasteiger partial charge in [-0.25, -0.2) is 0 Å². The van der Waals surface area contributed by atoms with Gasteiger partial charge in [-0.3, -0.25) is 0 Å². The fraction of sp³-hybridized carbons (Fsp3) is 0.600. The molecule has 0 aliphatic rings. The predicted molar refractivity (Wildman–Crippen MR) is 50.3 cm³/mol. The Kier molecular flexibility index (Phi) is 3.44. The van der Waals surface area contributed by atoms with Crippen molar-refractivity contribution >= 4 is 0 Å². The van der Waals surface area contributed by atoms with E-state index < -0.39 is 18.8 Å². The van der Waals surface area contributed by atoms with Gasteiger partial charge in [0.2, 0.25) is 0 Å². The number of rotatable bonds is 3. The van der Waals surface area contributed by atoms with Crippen molar-refractivity contribution in [2.45, 2.75) is 32.7 Å². The zero-order valence-corrected chi connectivity index (χ0v) is 8.62. The number of aromatic nitrogens is 1. The lowest BCUT2D eigenvalue weighted by Crippen LogP contribution is -2.16. The first-order valence-corrected chi connectivity index (χ1v) is 4.70. The Hall–Kier alpha value is -0.970. The van der Waals surface area contributed by atoms with Crippen LogP contribution in [0, 0.1) is 5.92 Å². The van der Waals surface area contributed by atoms with Crippen LogP contribution in [-0.2, 0) is 6.54 Å². The molecule has 86 valence electrons. The molecule has 0 fully saturated rings. The van der Waals surface area contributed by atoms with Gasteiger partial charge in [-0.1, -0.05) is 13.8 Å². The van der Waals surface area contributed by atoms with Gasteiger partial charge in [0.1, 0.15) is 6.54 Å². The van der Waals surface area contributed by atoms with E-state index in [0.717, 1.165) is 4.57 Å². The van der Waals surface area contributed by atoms with Gasteiger partial charge in [-0.15, -0.1) is 0 Å². The van der Waals surface area contributed by atoms with Crippen molar-refractivity contribution in [3.8, 4) is 0 Å². The van der Waals surface area contributed by atoms with Crippen molar-refractivity contribution in [1.82, 2.24) is 4.57 Å². The van der Waals surface area contributed by atoms with Gasteiger partial charge < -0.3 is 9.67 Å². The third kappa shape index (κ3) is 3.58. The van der Waals surface area contributed by atoms with E-state index >= 15 is 0 Å². The van der Waals surface area contributed by atoms with Gasteiger partial charge in [0, 0.05) is 12.4 Å². The summed E-state index contributed by atoms with van der Waals surface area (Å²) in [5.74, 6) is -0.00765. The molecule has 1 heterocycles. The molecule has 1 aromatic rings.